The van der Waals surface area contributed by atoms with Crippen molar-refractivity contribution in [2.24, 2.45) is 0 Å². The van der Waals surface area contributed by atoms with Gasteiger partial charge in [0, 0.05) is 18.2 Å². The predicted molar refractivity (Wildman–Crippen MR) is 94.1 cm³/mol. The van der Waals surface area contributed by atoms with Gasteiger partial charge in [0.25, 0.3) is 0 Å². The van der Waals surface area contributed by atoms with E-state index in [1.54, 1.807) is 0 Å². The lowest BCUT2D eigenvalue weighted by molar-refractivity contribution is -0.137. The Labute approximate surface area is 141 Å². The zero-order valence-corrected chi connectivity index (χ0v) is 13.7. The highest BCUT2D eigenvalue weighted by atomic mass is 16.4. The first kappa shape index (κ1) is 17.7. The maximum Gasteiger partial charge on any atom is 0.304 e. The van der Waals surface area contributed by atoms with Gasteiger partial charge in [-0.3, -0.25) is 9.59 Å². The van der Waals surface area contributed by atoms with Crippen LogP contribution in [0.3, 0.4) is 0 Å². The van der Waals surface area contributed by atoms with Crippen LogP contribution in [0.5, 0.6) is 0 Å². The number of para-hydroxylation sites is 1. The molecule has 1 unspecified atom stereocenters. The smallest absolute Gasteiger partial charge is 0.304 e. The summed E-state index contributed by atoms with van der Waals surface area (Å²) in [6, 6.07) is 17.0. The molecule has 0 aliphatic rings. The van der Waals surface area contributed by atoms with Crippen molar-refractivity contribution in [3.05, 3.63) is 65.7 Å². The van der Waals surface area contributed by atoms with Gasteiger partial charge in [0.15, 0.2) is 0 Å². The lowest BCUT2D eigenvalue weighted by Gasteiger charge is -2.16. The molecule has 0 radical (unpaired) electrons. The molecule has 24 heavy (non-hydrogen) atoms. The third kappa shape index (κ3) is 5.52. The Morgan fingerprint density at radius 1 is 1.04 bits per heavy atom. The van der Waals surface area contributed by atoms with Crippen LogP contribution in [0, 0.1) is 6.92 Å². The maximum atomic E-state index is 12.0. The summed E-state index contributed by atoms with van der Waals surface area (Å²) in [7, 11) is 0. The zero-order chi connectivity index (χ0) is 17.4. The number of rotatable bonds is 8. The summed E-state index contributed by atoms with van der Waals surface area (Å²) in [5.74, 6) is -1.17. The Hall–Kier alpha value is -2.66. The number of carbonyl (C=O) groups is 2. The Bertz CT molecular complexity index is 686. The van der Waals surface area contributed by atoms with E-state index in [4.69, 9.17) is 5.11 Å². The van der Waals surface area contributed by atoms with Gasteiger partial charge in [-0.25, -0.2) is 0 Å². The topological polar surface area (TPSA) is 78.4 Å². The normalized spacial score (nSPS) is 11.7. The second-order valence-corrected chi connectivity index (χ2v) is 5.70. The van der Waals surface area contributed by atoms with Crippen LogP contribution < -0.4 is 10.6 Å². The fourth-order valence-electron chi connectivity index (χ4n) is 2.51. The third-order valence-electron chi connectivity index (χ3n) is 3.79. The van der Waals surface area contributed by atoms with E-state index in [9.17, 15) is 9.59 Å². The minimum absolute atomic E-state index is 0.0242. The van der Waals surface area contributed by atoms with Crippen LogP contribution >= 0.6 is 0 Å². The number of amides is 1. The van der Waals surface area contributed by atoms with E-state index in [-0.39, 0.29) is 24.8 Å². The summed E-state index contributed by atoms with van der Waals surface area (Å²) in [4.78, 5) is 23.1. The molecule has 0 spiro atoms. The number of carboxylic acid groups (broad SMARTS) is 1. The molecule has 126 valence electrons. The molecule has 0 aliphatic carbocycles. The van der Waals surface area contributed by atoms with Gasteiger partial charge in [-0.05, 0) is 24.1 Å². The fourth-order valence-corrected chi connectivity index (χ4v) is 2.51. The molecular formula is C19H22N2O3. The quantitative estimate of drug-likeness (QED) is 0.697. The summed E-state index contributed by atoms with van der Waals surface area (Å²) in [5, 5.41) is 15.0. The van der Waals surface area contributed by atoms with Gasteiger partial charge >= 0.3 is 5.97 Å². The zero-order valence-electron chi connectivity index (χ0n) is 13.7. The van der Waals surface area contributed by atoms with Crippen LogP contribution in [-0.2, 0) is 9.59 Å². The van der Waals surface area contributed by atoms with Crippen molar-refractivity contribution in [3.63, 3.8) is 0 Å². The number of anilines is 1. The highest BCUT2D eigenvalue weighted by Crippen LogP contribution is 2.18. The van der Waals surface area contributed by atoms with Gasteiger partial charge in [-0.1, -0.05) is 48.5 Å². The van der Waals surface area contributed by atoms with E-state index in [2.05, 4.69) is 10.6 Å². The van der Waals surface area contributed by atoms with E-state index in [0.717, 1.165) is 16.8 Å². The Kier molecular flexibility index (Phi) is 6.51. The van der Waals surface area contributed by atoms with E-state index < -0.39 is 5.97 Å². The van der Waals surface area contributed by atoms with Gasteiger partial charge in [0.1, 0.15) is 0 Å². The number of hydrogen-bond acceptors (Lipinski definition) is 3. The number of hydrogen-bond donors (Lipinski definition) is 3. The summed E-state index contributed by atoms with van der Waals surface area (Å²) >= 11 is 0. The fraction of sp³-hybridized carbons (Fsp3) is 0.263. The van der Waals surface area contributed by atoms with E-state index in [0.29, 0.717) is 6.54 Å². The van der Waals surface area contributed by atoms with Crippen LogP contribution in [0.15, 0.2) is 54.6 Å². The molecule has 0 heterocycles. The van der Waals surface area contributed by atoms with Gasteiger partial charge < -0.3 is 15.7 Å². The number of carboxylic acids is 1. The highest BCUT2D eigenvalue weighted by Gasteiger charge is 2.15. The molecule has 0 saturated heterocycles. The van der Waals surface area contributed by atoms with Crippen molar-refractivity contribution in [3.8, 4) is 0 Å². The number of aliphatic carboxylic acids is 1. The number of carbonyl (C=O) groups excluding carboxylic acids is 1. The lowest BCUT2D eigenvalue weighted by atomic mass is 9.96. The molecule has 0 aromatic heterocycles. The van der Waals surface area contributed by atoms with Gasteiger partial charge in [0.05, 0.1) is 13.0 Å². The summed E-state index contributed by atoms with van der Waals surface area (Å²) < 4.78 is 0. The second-order valence-electron chi connectivity index (χ2n) is 5.70. The van der Waals surface area contributed by atoms with Crippen LogP contribution in [0.4, 0.5) is 5.69 Å². The first-order chi connectivity index (χ1) is 11.6. The second kappa shape index (κ2) is 8.84. The molecule has 0 saturated carbocycles. The molecule has 2 rings (SSSR count). The monoisotopic (exact) mass is 326 g/mol. The van der Waals surface area contributed by atoms with Crippen molar-refractivity contribution in [2.75, 3.05) is 18.4 Å². The van der Waals surface area contributed by atoms with E-state index in [1.165, 1.54) is 0 Å². The van der Waals surface area contributed by atoms with E-state index in [1.807, 2.05) is 61.5 Å². The lowest BCUT2D eigenvalue weighted by Crippen LogP contribution is -2.32. The van der Waals surface area contributed by atoms with Crippen molar-refractivity contribution in [2.45, 2.75) is 19.3 Å². The molecular weight excluding hydrogens is 304 g/mol. The van der Waals surface area contributed by atoms with Crippen LogP contribution in [0.25, 0.3) is 0 Å². The average molecular weight is 326 g/mol. The summed E-state index contributed by atoms with van der Waals surface area (Å²) in [6.45, 7) is 2.50. The first-order valence-electron chi connectivity index (χ1n) is 7.89. The molecule has 1 amide bonds. The first-order valence-corrected chi connectivity index (χ1v) is 7.89. The van der Waals surface area contributed by atoms with Crippen molar-refractivity contribution >= 4 is 17.6 Å². The standard InChI is InChI=1S/C19H22N2O3/c1-14-7-5-6-10-17(14)21-18(22)13-20-12-16(11-19(23)24)15-8-3-2-4-9-15/h2-10,16,20H,11-13H2,1H3,(H,21,22)(H,23,24). The van der Waals surface area contributed by atoms with Gasteiger partial charge in [-0.2, -0.15) is 0 Å². The van der Waals surface area contributed by atoms with Crippen LogP contribution in [0.1, 0.15) is 23.5 Å². The SMILES string of the molecule is Cc1ccccc1NC(=O)CNCC(CC(=O)O)c1ccccc1. The Morgan fingerprint density at radius 2 is 1.71 bits per heavy atom. The van der Waals surface area contributed by atoms with Crippen molar-refractivity contribution < 1.29 is 14.7 Å². The molecule has 5 nitrogen and oxygen atoms in total. The Morgan fingerprint density at radius 3 is 2.38 bits per heavy atom. The average Bonchev–Trinajstić information content (AvgIpc) is 2.56. The molecule has 5 heteroatoms. The van der Waals surface area contributed by atoms with Crippen LogP contribution in [0.2, 0.25) is 0 Å². The van der Waals surface area contributed by atoms with Crippen molar-refractivity contribution in [1.82, 2.24) is 5.32 Å². The largest absolute Gasteiger partial charge is 0.481 e. The third-order valence-corrected chi connectivity index (χ3v) is 3.79. The highest BCUT2D eigenvalue weighted by molar-refractivity contribution is 5.92. The number of nitrogens with one attached hydrogen (secondary N) is 2. The van der Waals surface area contributed by atoms with Gasteiger partial charge in [0.2, 0.25) is 5.91 Å². The Balaban J connectivity index is 1.87. The van der Waals surface area contributed by atoms with Crippen molar-refractivity contribution in [1.29, 1.82) is 0 Å². The molecule has 2 aromatic carbocycles. The minimum Gasteiger partial charge on any atom is -0.481 e. The number of aryl methyl sites for hydroxylation is 1. The number of benzene rings is 2. The maximum absolute atomic E-state index is 12.0. The van der Waals surface area contributed by atoms with Gasteiger partial charge in [-0.15, -0.1) is 0 Å². The predicted octanol–water partition coefficient (Wildman–Crippen LogP) is 2.78. The van der Waals surface area contributed by atoms with Crippen LogP contribution in [-0.4, -0.2) is 30.1 Å². The molecule has 0 aliphatic heterocycles. The molecule has 1 atom stereocenters. The summed E-state index contributed by atoms with van der Waals surface area (Å²) in [5.41, 5.74) is 2.74. The molecule has 0 bridgehead atoms. The molecule has 0 fully saturated rings. The van der Waals surface area contributed by atoms with E-state index >= 15 is 0 Å². The molecule has 3 N–H and O–H groups in total. The minimum atomic E-state index is -0.852. The molecule has 2 aromatic rings. The summed E-state index contributed by atoms with van der Waals surface area (Å²) in [6.07, 6.45) is 0.0242.